The fourth-order valence-corrected chi connectivity index (χ4v) is 3.31. The van der Waals surface area contributed by atoms with Crippen LogP contribution >= 0.6 is 23.1 Å². The van der Waals surface area contributed by atoms with Gasteiger partial charge in [0.05, 0.1) is 16.0 Å². The van der Waals surface area contributed by atoms with Crippen LogP contribution in [-0.2, 0) is 9.59 Å². The lowest BCUT2D eigenvalue weighted by Gasteiger charge is -2.08. The summed E-state index contributed by atoms with van der Waals surface area (Å²) in [6, 6.07) is 7.63. The zero-order valence-corrected chi connectivity index (χ0v) is 12.5. The van der Waals surface area contributed by atoms with Crippen LogP contribution in [0.4, 0.5) is 5.13 Å². The quantitative estimate of drug-likeness (QED) is 0.857. The molecule has 0 aliphatic carbocycles. The molecular formula is C13H14N2O3S2. The fourth-order valence-electron chi connectivity index (χ4n) is 1.62. The van der Waals surface area contributed by atoms with Gasteiger partial charge in [-0.2, -0.15) is 0 Å². The van der Waals surface area contributed by atoms with Crippen LogP contribution < -0.4 is 5.32 Å². The molecule has 5 nitrogen and oxygen atoms in total. The Balaban J connectivity index is 1.92. The Morgan fingerprint density at radius 2 is 2.20 bits per heavy atom. The molecule has 0 fully saturated rings. The maximum atomic E-state index is 11.8. The molecule has 2 N–H and O–H groups in total. The van der Waals surface area contributed by atoms with Gasteiger partial charge in [0, 0.05) is 0 Å². The third-order valence-electron chi connectivity index (χ3n) is 2.60. The van der Waals surface area contributed by atoms with Crippen molar-refractivity contribution in [3.63, 3.8) is 0 Å². The second-order valence-electron chi connectivity index (χ2n) is 4.08. The molecule has 0 saturated carbocycles. The summed E-state index contributed by atoms with van der Waals surface area (Å²) in [5, 5.41) is 11.6. The lowest BCUT2D eigenvalue weighted by Crippen LogP contribution is -2.20. The first-order valence-corrected chi connectivity index (χ1v) is 7.96. The summed E-state index contributed by atoms with van der Waals surface area (Å²) in [6.45, 7) is 1.79. The number of benzene rings is 1. The minimum absolute atomic E-state index is 0.112. The van der Waals surface area contributed by atoms with E-state index in [-0.39, 0.29) is 11.7 Å². The summed E-state index contributed by atoms with van der Waals surface area (Å²) in [5.41, 5.74) is 0.845. The number of carbonyl (C=O) groups excluding carboxylic acids is 1. The lowest BCUT2D eigenvalue weighted by molar-refractivity contribution is -0.136. The Morgan fingerprint density at radius 3 is 2.85 bits per heavy atom. The van der Waals surface area contributed by atoms with Crippen molar-refractivity contribution in [1.82, 2.24) is 4.98 Å². The van der Waals surface area contributed by atoms with E-state index in [1.54, 1.807) is 6.92 Å². The van der Waals surface area contributed by atoms with Crippen molar-refractivity contribution in [3.05, 3.63) is 24.3 Å². The number of carbonyl (C=O) groups is 2. The number of aromatic nitrogens is 1. The largest absolute Gasteiger partial charge is 0.480 e. The number of rotatable bonds is 6. The molecule has 0 radical (unpaired) electrons. The Labute approximate surface area is 124 Å². The molecule has 106 valence electrons. The average Bonchev–Trinajstić information content (AvgIpc) is 2.80. The number of carboxylic acid groups (broad SMARTS) is 1. The van der Waals surface area contributed by atoms with Gasteiger partial charge >= 0.3 is 5.97 Å². The van der Waals surface area contributed by atoms with Crippen LogP contribution in [0.1, 0.15) is 13.3 Å². The van der Waals surface area contributed by atoms with Crippen molar-refractivity contribution in [3.8, 4) is 0 Å². The highest BCUT2D eigenvalue weighted by molar-refractivity contribution is 8.01. The SMILES string of the molecule is CCC(SCC(=O)Nc1nc2ccccc2s1)C(=O)O. The van der Waals surface area contributed by atoms with E-state index >= 15 is 0 Å². The molecule has 2 aromatic rings. The first kappa shape index (κ1) is 14.8. The van der Waals surface area contributed by atoms with Crippen LogP contribution in [0.15, 0.2) is 24.3 Å². The number of hydrogen-bond donors (Lipinski definition) is 2. The van der Waals surface area contributed by atoms with E-state index in [0.717, 1.165) is 22.0 Å². The zero-order chi connectivity index (χ0) is 14.5. The minimum atomic E-state index is -0.884. The molecule has 1 aromatic heterocycles. The number of fused-ring (bicyclic) bond motifs is 1. The second kappa shape index (κ2) is 6.71. The highest BCUT2D eigenvalue weighted by Crippen LogP contribution is 2.25. The minimum Gasteiger partial charge on any atom is -0.480 e. The number of hydrogen-bond acceptors (Lipinski definition) is 5. The van der Waals surface area contributed by atoms with Gasteiger partial charge in [0.15, 0.2) is 5.13 Å². The molecule has 0 bridgehead atoms. The Bertz CT molecular complexity index is 594. The normalized spacial score (nSPS) is 12.2. The summed E-state index contributed by atoms with van der Waals surface area (Å²) in [6.07, 6.45) is 0.494. The van der Waals surface area contributed by atoms with E-state index in [1.807, 2.05) is 24.3 Å². The monoisotopic (exact) mass is 310 g/mol. The third-order valence-corrected chi connectivity index (χ3v) is 4.92. The van der Waals surface area contributed by atoms with Crippen molar-refractivity contribution in [1.29, 1.82) is 0 Å². The summed E-state index contributed by atoms with van der Waals surface area (Å²) in [5.74, 6) is -1.00. The Morgan fingerprint density at radius 1 is 1.45 bits per heavy atom. The summed E-state index contributed by atoms with van der Waals surface area (Å²) < 4.78 is 1.01. The molecule has 1 heterocycles. The molecule has 1 aromatic carbocycles. The zero-order valence-electron chi connectivity index (χ0n) is 10.8. The molecular weight excluding hydrogens is 296 g/mol. The van der Waals surface area contributed by atoms with E-state index in [1.165, 1.54) is 11.3 Å². The number of para-hydroxylation sites is 1. The summed E-state index contributed by atoms with van der Waals surface area (Å²) in [4.78, 5) is 26.9. The van der Waals surface area contributed by atoms with E-state index in [0.29, 0.717) is 11.6 Å². The molecule has 0 saturated heterocycles. The van der Waals surface area contributed by atoms with Crippen LogP contribution in [0.3, 0.4) is 0 Å². The van der Waals surface area contributed by atoms with Crippen LogP contribution in [0.25, 0.3) is 10.2 Å². The molecule has 1 unspecified atom stereocenters. The predicted octanol–water partition coefficient (Wildman–Crippen LogP) is 2.83. The summed E-state index contributed by atoms with van der Waals surface area (Å²) in [7, 11) is 0. The fraction of sp³-hybridized carbons (Fsp3) is 0.308. The van der Waals surface area contributed by atoms with Gasteiger partial charge in [-0.15, -0.1) is 11.8 Å². The van der Waals surface area contributed by atoms with Gasteiger partial charge in [-0.1, -0.05) is 30.4 Å². The molecule has 0 aliphatic rings. The number of amides is 1. The van der Waals surface area contributed by atoms with Gasteiger partial charge in [-0.05, 0) is 18.6 Å². The molecule has 2 rings (SSSR count). The number of carboxylic acids is 1. The van der Waals surface area contributed by atoms with E-state index in [4.69, 9.17) is 5.11 Å². The molecule has 1 atom stereocenters. The van der Waals surface area contributed by atoms with Crippen LogP contribution in [-0.4, -0.2) is 33.0 Å². The van der Waals surface area contributed by atoms with Crippen molar-refractivity contribution >= 4 is 50.3 Å². The van der Waals surface area contributed by atoms with E-state index in [2.05, 4.69) is 10.3 Å². The van der Waals surface area contributed by atoms with Crippen molar-refractivity contribution in [2.24, 2.45) is 0 Å². The Kier molecular flexibility index (Phi) is 4.97. The van der Waals surface area contributed by atoms with Crippen molar-refractivity contribution < 1.29 is 14.7 Å². The van der Waals surface area contributed by atoms with Crippen LogP contribution in [0.2, 0.25) is 0 Å². The van der Waals surface area contributed by atoms with Crippen LogP contribution in [0.5, 0.6) is 0 Å². The molecule has 20 heavy (non-hydrogen) atoms. The van der Waals surface area contributed by atoms with Gasteiger partial charge in [-0.3, -0.25) is 9.59 Å². The molecule has 7 heteroatoms. The molecule has 0 spiro atoms. The maximum Gasteiger partial charge on any atom is 0.316 e. The predicted molar refractivity (Wildman–Crippen MR) is 82.4 cm³/mol. The van der Waals surface area contributed by atoms with Gasteiger partial charge in [0.2, 0.25) is 5.91 Å². The maximum absolute atomic E-state index is 11.8. The van der Waals surface area contributed by atoms with Crippen LogP contribution in [0, 0.1) is 0 Å². The number of thioether (sulfide) groups is 1. The highest BCUT2D eigenvalue weighted by Gasteiger charge is 2.17. The standard InChI is InChI=1S/C13H14N2O3S2/c1-2-9(12(17)18)19-7-11(16)15-13-14-8-5-3-4-6-10(8)20-13/h3-6,9H,2,7H2,1H3,(H,17,18)(H,14,15,16). The third kappa shape index (κ3) is 3.71. The molecule has 1 amide bonds. The topological polar surface area (TPSA) is 79.3 Å². The number of anilines is 1. The Hall–Kier alpha value is -1.60. The smallest absolute Gasteiger partial charge is 0.316 e. The van der Waals surface area contributed by atoms with Crippen molar-refractivity contribution in [2.75, 3.05) is 11.1 Å². The van der Waals surface area contributed by atoms with Gasteiger partial charge < -0.3 is 10.4 Å². The van der Waals surface area contributed by atoms with Gasteiger partial charge in [-0.25, -0.2) is 4.98 Å². The molecule has 0 aliphatic heterocycles. The second-order valence-corrected chi connectivity index (χ2v) is 6.30. The first-order chi connectivity index (χ1) is 9.60. The number of nitrogens with zero attached hydrogens (tertiary/aromatic N) is 1. The number of aliphatic carboxylic acids is 1. The number of nitrogens with one attached hydrogen (secondary N) is 1. The van der Waals surface area contributed by atoms with E-state index < -0.39 is 11.2 Å². The highest BCUT2D eigenvalue weighted by atomic mass is 32.2. The van der Waals surface area contributed by atoms with Gasteiger partial charge in [0.25, 0.3) is 0 Å². The van der Waals surface area contributed by atoms with E-state index in [9.17, 15) is 9.59 Å². The van der Waals surface area contributed by atoms with Crippen molar-refractivity contribution in [2.45, 2.75) is 18.6 Å². The first-order valence-electron chi connectivity index (χ1n) is 6.10. The number of thiazole rings is 1. The lowest BCUT2D eigenvalue weighted by atomic mass is 10.3. The summed E-state index contributed by atoms with van der Waals surface area (Å²) >= 11 is 2.53. The average molecular weight is 310 g/mol. The van der Waals surface area contributed by atoms with Gasteiger partial charge in [0.1, 0.15) is 5.25 Å².